The van der Waals surface area contributed by atoms with E-state index in [9.17, 15) is 24.1 Å². The maximum atomic E-state index is 14.0. The van der Waals surface area contributed by atoms with Crippen LogP contribution in [-0.4, -0.2) is 21.0 Å². The van der Waals surface area contributed by atoms with Crippen LogP contribution in [0.3, 0.4) is 0 Å². The lowest BCUT2D eigenvalue weighted by atomic mass is 10.1. The zero-order valence-corrected chi connectivity index (χ0v) is 19.8. The van der Waals surface area contributed by atoms with Crippen molar-refractivity contribution in [1.82, 2.24) is 4.90 Å². The van der Waals surface area contributed by atoms with Gasteiger partial charge >= 0.3 is 0 Å². The molecule has 1 aliphatic rings. The Hall–Kier alpha value is -3.50. The van der Waals surface area contributed by atoms with Crippen molar-refractivity contribution in [2.75, 3.05) is 0 Å². The van der Waals surface area contributed by atoms with Crippen molar-refractivity contribution in [2.45, 2.75) is 13.2 Å². The second-order valence-corrected chi connectivity index (χ2v) is 9.16. The van der Waals surface area contributed by atoms with Gasteiger partial charge in [0.2, 0.25) is 0 Å². The second-order valence-electron chi connectivity index (χ2n) is 7.25. The molecule has 3 aromatic rings. The van der Waals surface area contributed by atoms with Gasteiger partial charge in [0.15, 0.2) is 0 Å². The predicted molar refractivity (Wildman–Crippen MR) is 129 cm³/mol. The van der Waals surface area contributed by atoms with E-state index in [1.165, 1.54) is 30.3 Å². The Morgan fingerprint density at radius 1 is 1.09 bits per heavy atom. The maximum absolute atomic E-state index is 14.0. The third-order valence-corrected chi connectivity index (χ3v) is 6.36. The van der Waals surface area contributed by atoms with Gasteiger partial charge in [-0.1, -0.05) is 34.1 Å². The van der Waals surface area contributed by atoms with E-state index in [0.29, 0.717) is 11.3 Å². The summed E-state index contributed by atoms with van der Waals surface area (Å²) >= 11 is 4.17. The molecule has 1 heterocycles. The van der Waals surface area contributed by atoms with Crippen LogP contribution in [0.15, 0.2) is 76.1 Å². The lowest BCUT2D eigenvalue weighted by molar-refractivity contribution is -0.384. The Balaban J connectivity index is 1.53. The number of hydrogen-bond donors (Lipinski definition) is 0. The molecule has 0 bridgehead atoms. The third-order valence-electron chi connectivity index (χ3n) is 4.96. The number of nitrogens with zero attached hydrogens (tertiary/aromatic N) is 2. The van der Waals surface area contributed by atoms with Crippen molar-refractivity contribution >= 4 is 50.6 Å². The largest absolute Gasteiger partial charge is 0.488 e. The molecule has 0 aliphatic carbocycles. The van der Waals surface area contributed by atoms with Gasteiger partial charge in [-0.2, -0.15) is 0 Å². The molecular formula is C24H16BrFN2O5S. The van der Waals surface area contributed by atoms with Crippen LogP contribution in [0, 0.1) is 15.9 Å². The number of halogens is 2. The zero-order valence-electron chi connectivity index (χ0n) is 17.4. The van der Waals surface area contributed by atoms with Crippen LogP contribution < -0.4 is 4.74 Å². The quantitative estimate of drug-likeness (QED) is 0.197. The molecule has 0 spiro atoms. The number of imide groups is 1. The first-order valence-corrected chi connectivity index (χ1v) is 11.6. The molecule has 2 amide bonds. The number of ether oxygens (including phenoxy) is 1. The van der Waals surface area contributed by atoms with Gasteiger partial charge in [-0.15, -0.1) is 0 Å². The average molecular weight is 543 g/mol. The molecule has 0 radical (unpaired) electrons. The van der Waals surface area contributed by atoms with Crippen LogP contribution >= 0.6 is 27.7 Å². The molecule has 0 N–H and O–H groups in total. The molecule has 0 unspecified atom stereocenters. The molecule has 1 aliphatic heterocycles. The van der Waals surface area contributed by atoms with Crippen molar-refractivity contribution in [2.24, 2.45) is 0 Å². The number of non-ortho nitro benzene ring substituents is 1. The van der Waals surface area contributed by atoms with Crippen molar-refractivity contribution in [3.8, 4) is 5.75 Å². The summed E-state index contributed by atoms with van der Waals surface area (Å²) < 4.78 is 20.6. The van der Waals surface area contributed by atoms with Crippen LogP contribution in [0.25, 0.3) is 6.08 Å². The second kappa shape index (κ2) is 10.2. The van der Waals surface area contributed by atoms with Gasteiger partial charge in [0.1, 0.15) is 18.2 Å². The highest BCUT2D eigenvalue weighted by atomic mass is 79.9. The molecule has 0 saturated carbocycles. The summed E-state index contributed by atoms with van der Waals surface area (Å²) in [4.78, 5) is 36.9. The summed E-state index contributed by atoms with van der Waals surface area (Å²) in [6.07, 6.45) is 1.56. The van der Waals surface area contributed by atoms with E-state index in [-0.39, 0.29) is 29.3 Å². The van der Waals surface area contributed by atoms with Gasteiger partial charge < -0.3 is 4.74 Å². The summed E-state index contributed by atoms with van der Waals surface area (Å²) in [7, 11) is 0. The van der Waals surface area contributed by atoms with Crippen LogP contribution in [-0.2, 0) is 17.9 Å². The number of nitro groups is 1. The lowest BCUT2D eigenvalue weighted by Gasteiger charge is -2.13. The summed E-state index contributed by atoms with van der Waals surface area (Å²) in [5, 5.41) is 10.3. The minimum absolute atomic E-state index is 0.0146. The molecule has 1 saturated heterocycles. The van der Waals surface area contributed by atoms with Crippen molar-refractivity contribution in [3.05, 3.63) is 109 Å². The van der Waals surface area contributed by atoms with E-state index in [4.69, 9.17) is 4.74 Å². The monoisotopic (exact) mass is 542 g/mol. The minimum atomic E-state index is -0.514. The Morgan fingerprint density at radius 2 is 1.82 bits per heavy atom. The number of hydrogen-bond acceptors (Lipinski definition) is 6. The van der Waals surface area contributed by atoms with E-state index in [0.717, 1.165) is 26.7 Å². The number of carbonyl (C=O) groups is 2. The number of nitro benzene ring substituents is 1. The van der Waals surface area contributed by atoms with Gasteiger partial charge in [0.05, 0.1) is 16.4 Å². The minimum Gasteiger partial charge on any atom is -0.488 e. The van der Waals surface area contributed by atoms with Crippen LogP contribution in [0.5, 0.6) is 5.75 Å². The Kier molecular flexibility index (Phi) is 7.09. The Morgan fingerprint density at radius 3 is 2.53 bits per heavy atom. The SMILES string of the molecule is O=C1S/C(=C\c2cc(Br)ccc2OCc2ccc([N+](=O)[O-])cc2)C(=O)N1Cc1ccccc1F. The van der Waals surface area contributed by atoms with Crippen molar-refractivity contribution < 1.29 is 23.6 Å². The van der Waals surface area contributed by atoms with Gasteiger partial charge in [-0.25, -0.2) is 4.39 Å². The van der Waals surface area contributed by atoms with E-state index in [2.05, 4.69) is 15.9 Å². The molecule has 0 aromatic heterocycles. The number of thioether (sulfide) groups is 1. The Labute approximate surface area is 206 Å². The lowest BCUT2D eigenvalue weighted by Crippen LogP contribution is -2.27. The van der Waals surface area contributed by atoms with Crippen LogP contribution in [0.1, 0.15) is 16.7 Å². The van der Waals surface area contributed by atoms with Crippen LogP contribution in [0.4, 0.5) is 14.9 Å². The number of carbonyl (C=O) groups excluding carboxylic acids is 2. The van der Waals surface area contributed by atoms with Crippen LogP contribution in [0.2, 0.25) is 0 Å². The molecule has 34 heavy (non-hydrogen) atoms. The number of amides is 2. The highest BCUT2D eigenvalue weighted by molar-refractivity contribution is 9.10. The first kappa shape index (κ1) is 23.7. The topological polar surface area (TPSA) is 89.7 Å². The van der Waals surface area contributed by atoms with E-state index < -0.39 is 21.9 Å². The summed E-state index contributed by atoms with van der Waals surface area (Å²) in [5.74, 6) is -0.540. The highest BCUT2D eigenvalue weighted by Gasteiger charge is 2.35. The zero-order chi connectivity index (χ0) is 24.2. The normalized spacial score (nSPS) is 14.6. The van der Waals surface area contributed by atoms with Gasteiger partial charge in [0, 0.05) is 27.7 Å². The van der Waals surface area contributed by atoms with Gasteiger partial charge in [0.25, 0.3) is 16.8 Å². The first-order valence-electron chi connectivity index (χ1n) is 9.96. The Bertz CT molecular complexity index is 1310. The molecule has 172 valence electrons. The molecular weight excluding hydrogens is 527 g/mol. The maximum Gasteiger partial charge on any atom is 0.293 e. The molecule has 10 heteroatoms. The molecule has 4 rings (SSSR count). The van der Waals surface area contributed by atoms with Gasteiger partial charge in [-0.05, 0) is 59.8 Å². The molecule has 0 atom stereocenters. The highest BCUT2D eigenvalue weighted by Crippen LogP contribution is 2.36. The fourth-order valence-corrected chi connectivity index (χ4v) is 4.42. The summed E-state index contributed by atoms with van der Waals surface area (Å²) in [5.41, 5.74) is 1.53. The first-order chi connectivity index (χ1) is 16.3. The fourth-order valence-electron chi connectivity index (χ4n) is 3.21. The van der Waals surface area contributed by atoms with E-state index in [1.807, 2.05) is 0 Å². The van der Waals surface area contributed by atoms with E-state index in [1.54, 1.807) is 42.5 Å². The summed E-state index contributed by atoms with van der Waals surface area (Å²) in [6.45, 7) is -0.00804. The third kappa shape index (κ3) is 5.35. The number of rotatable bonds is 7. The smallest absolute Gasteiger partial charge is 0.293 e. The fraction of sp³-hybridized carbons (Fsp3) is 0.0833. The van der Waals surface area contributed by atoms with Crippen molar-refractivity contribution in [3.63, 3.8) is 0 Å². The molecule has 7 nitrogen and oxygen atoms in total. The predicted octanol–water partition coefficient (Wildman–Crippen LogP) is 6.31. The van der Waals surface area contributed by atoms with E-state index >= 15 is 0 Å². The van der Waals surface area contributed by atoms with Crippen molar-refractivity contribution in [1.29, 1.82) is 0 Å². The molecule has 3 aromatic carbocycles. The molecule has 1 fully saturated rings. The number of benzene rings is 3. The van der Waals surface area contributed by atoms with Gasteiger partial charge in [-0.3, -0.25) is 24.6 Å². The average Bonchev–Trinajstić information content (AvgIpc) is 3.07. The standard InChI is InChI=1S/C24H16BrFN2O5S/c25-18-7-10-21(33-14-15-5-8-19(9-6-15)28(31)32)17(11-18)12-22-23(29)27(24(30)34-22)13-16-3-1-2-4-20(16)26/h1-12H,13-14H2/b22-12-. The summed E-state index contributed by atoms with van der Waals surface area (Å²) in [6, 6.07) is 17.2.